The fourth-order valence-electron chi connectivity index (χ4n) is 2.82. The van der Waals surface area contributed by atoms with Gasteiger partial charge >= 0.3 is 0 Å². The van der Waals surface area contributed by atoms with Crippen molar-refractivity contribution in [3.8, 4) is 0 Å². The Balaban J connectivity index is 1.74. The van der Waals surface area contributed by atoms with Crippen molar-refractivity contribution in [2.45, 2.75) is 4.90 Å². The Morgan fingerprint density at radius 1 is 0.957 bits per heavy atom. The summed E-state index contributed by atoms with van der Waals surface area (Å²) in [5.74, 6) is 0.0389. The molecule has 0 aliphatic carbocycles. The average Bonchev–Trinajstić information content (AvgIpc) is 2.92. The van der Waals surface area contributed by atoms with Crippen molar-refractivity contribution in [1.82, 2.24) is 0 Å². The number of hydrogen-bond donors (Lipinski definition) is 0. The predicted octanol–water partition coefficient (Wildman–Crippen LogP) is 5.11. The quantitative estimate of drug-likeness (QED) is 0.484. The molecule has 0 N–H and O–H groups in total. The maximum atomic E-state index is 12.4. The highest BCUT2D eigenvalue weighted by Crippen LogP contribution is 2.48. The lowest BCUT2D eigenvalue weighted by Crippen LogP contribution is -2.11. The summed E-state index contributed by atoms with van der Waals surface area (Å²) < 4.78 is 0. The number of rotatable bonds is 2. The molecule has 1 heterocycles. The average molecular weight is 317 g/mol. The van der Waals surface area contributed by atoms with Gasteiger partial charge in [-0.2, -0.15) is 0 Å². The van der Waals surface area contributed by atoms with E-state index >= 15 is 0 Å². The van der Waals surface area contributed by atoms with Gasteiger partial charge in [0.1, 0.15) is 0 Å². The van der Waals surface area contributed by atoms with Gasteiger partial charge in [0.2, 0.25) is 0 Å². The third kappa shape index (κ3) is 2.43. The van der Waals surface area contributed by atoms with E-state index in [1.54, 1.807) is 17.8 Å². The summed E-state index contributed by atoms with van der Waals surface area (Å²) in [6, 6.07) is 22.0. The van der Waals surface area contributed by atoms with Gasteiger partial charge in [-0.05, 0) is 16.8 Å². The first-order valence-corrected chi connectivity index (χ1v) is 8.30. The van der Waals surface area contributed by atoms with Crippen molar-refractivity contribution in [3.05, 3.63) is 83.4 Å². The van der Waals surface area contributed by atoms with Crippen LogP contribution in [0.5, 0.6) is 0 Å². The Bertz CT molecular complexity index is 931. The Hall–Kier alpha value is -2.52. The maximum absolute atomic E-state index is 12.4. The molecule has 0 bridgehead atoms. The second kappa shape index (κ2) is 5.60. The van der Waals surface area contributed by atoms with Gasteiger partial charge in [-0.3, -0.25) is 4.79 Å². The van der Waals surface area contributed by atoms with Crippen molar-refractivity contribution in [2.24, 2.45) is 0 Å². The van der Waals surface area contributed by atoms with Crippen LogP contribution in [0.15, 0.2) is 82.7 Å². The number of allylic oxidation sites excluding steroid dienone is 1. The molecule has 23 heavy (non-hydrogen) atoms. The van der Waals surface area contributed by atoms with Crippen LogP contribution in [0.1, 0.15) is 10.4 Å². The third-order valence-electron chi connectivity index (χ3n) is 4.07. The third-order valence-corrected chi connectivity index (χ3v) is 5.30. The van der Waals surface area contributed by atoms with Gasteiger partial charge in [-0.25, -0.2) is 0 Å². The highest BCUT2D eigenvalue weighted by molar-refractivity contribution is 8.04. The van der Waals surface area contributed by atoms with Crippen LogP contribution in [-0.2, 0) is 0 Å². The van der Waals surface area contributed by atoms with E-state index in [-0.39, 0.29) is 5.78 Å². The van der Waals surface area contributed by atoms with Gasteiger partial charge in [0.15, 0.2) is 5.78 Å². The molecule has 112 valence electrons. The Labute approximate surface area is 139 Å². The number of hydrogen-bond acceptors (Lipinski definition) is 3. The summed E-state index contributed by atoms with van der Waals surface area (Å²) in [5, 5.41) is 3.42. The largest absolute Gasteiger partial charge is 0.338 e. The Morgan fingerprint density at radius 3 is 2.52 bits per heavy atom. The first-order valence-electron chi connectivity index (χ1n) is 7.48. The molecule has 0 radical (unpaired) electrons. The van der Waals surface area contributed by atoms with E-state index in [2.05, 4.69) is 35.2 Å². The summed E-state index contributed by atoms with van der Waals surface area (Å²) in [6.07, 6.45) is 1.73. The van der Waals surface area contributed by atoms with Gasteiger partial charge in [-0.1, -0.05) is 72.4 Å². The zero-order valence-electron chi connectivity index (χ0n) is 12.7. The minimum Gasteiger partial charge on any atom is -0.338 e. The molecule has 3 aromatic rings. The molecule has 0 fully saturated rings. The van der Waals surface area contributed by atoms with Crippen molar-refractivity contribution in [1.29, 1.82) is 0 Å². The summed E-state index contributed by atoms with van der Waals surface area (Å²) in [6.45, 7) is 0. The van der Waals surface area contributed by atoms with Crippen molar-refractivity contribution < 1.29 is 4.79 Å². The van der Waals surface area contributed by atoms with Gasteiger partial charge in [0, 0.05) is 23.6 Å². The second-order valence-corrected chi connectivity index (χ2v) is 6.54. The molecule has 1 aliphatic heterocycles. The van der Waals surface area contributed by atoms with Crippen LogP contribution in [-0.4, -0.2) is 12.8 Å². The van der Waals surface area contributed by atoms with E-state index in [1.807, 2.05) is 43.4 Å². The molecular formula is C20H15NOS. The molecule has 1 aliphatic rings. The molecule has 0 spiro atoms. The molecule has 0 unspecified atom stereocenters. The van der Waals surface area contributed by atoms with Gasteiger partial charge < -0.3 is 4.90 Å². The fourth-order valence-corrected chi connectivity index (χ4v) is 4.03. The number of ketones is 1. The number of anilines is 1. The summed E-state index contributed by atoms with van der Waals surface area (Å²) in [4.78, 5) is 15.8. The van der Waals surface area contributed by atoms with E-state index in [1.165, 1.54) is 15.7 Å². The topological polar surface area (TPSA) is 20.3 Å². The molecule has 0 aromatic heterocycles. The van der Waals surface area contributed by atoms with Gasteiger partial charge in [-0.15, -0.1) is 0 Å². The molecule has 0 atom stereocenters. The van der Waals surface area contributed by atoms with Crippen LogP contribution in [0.3, 0.4) is 0 Å². The smallest absolute Gasteiger partial charge is 0.188 e. The molecule has 3 aromatic carbocycles. The first kappa shape index (κ1) is 14.1. The lowest BCUT2D eigenvalue weighted by atomic mass is 10.1. The molecule has 3 heteroatoms. The highest BCUT2D eigenvalue weighted by Gasteiger charge is 2.24. The van der Waals surface area contributed by atoms with Crippen LogP contribution in [0.4, 0.5) is 5.69 Å². The number of nitrogens with zero attached hydrogens (tertiary/aromatic N) is 1. The van der Waals surface area contributed by atoms with Gasteiger partial charge in [0.25, 0.3) is 0 Å². The van der Waals surface area contributed by atoms with Crippen LogP contribution in [0.2, 0.25) is 0 Å². The Kier molecular flexibility index (Phi) is 3.43. The maximum Gasteiger partial charge on any atom is 0.188 e. The van der Waals surface area contributed by atoms with Crippen molar-refractivity contribution in [3.63, 3.8) is 0 Å². The number of benzene rings is 3. The number of carbonyl (C=O) groups excluding carboxylic acids is 1. The van der Waals surface area contributed by atoms with E-state index < -0.39 is 0 Å². The molecular weight excluding hydrogens is 302 g/mol. The lowest BCUT2D eigenvalue weighted by Gasteiger charge is -2.13. The molecule has 0 amide bonds. The van der Waals surface area contributed by atoms with E-state index in [0.29, 0.717) is 0 Å². The van der Waals surface area contributed by atoms with Crippen LogP contribution < -0.4 is 4.90 Å². The monoisotopic (exact) mass is 317 g/mol. The molecule has 2 nitrogen and oxygen atoms in total. The normalized spacial score (nSPS) is 15.2. The van der Waals surface area contributed by atoms with E-state index in [9.17, 15) is 4.79 Å². The summed E-state index contributed by atoms with van der Waals surface area (Å²) in [7, 11) is 2.01. The van der Waals surface area contributed by atoms with Crippen LogP contribution in [0, 0.1) is 0 Å². The van der Waals surface area contributed by atoms with Crippen LogP contribution >= 0.6 is 11.8 Å². The zero-order chi connectivity index (χ0) is 15.8. The molecule has 4 rings (SSSR count). The molecule has 0 saturated carbocycles. The SMILES string of the molecule is CN1/C(=C\C(=O)c2ccccc2)Sc2c1ccc1ccccc21. The second-order valence-electron chi connectivity index (χ2n) is 5.51. The van der Waals surface area contributed by atoms with E-state index in [4.69, 9.17) is 0 Å². The summed E-state index contributed by atoms with van der Waals surface area (Å²) >= 11 is 1.66. The summed E-state index contributed by atoms with van der Waals surface area (Å²) in [5.41, 5.74) is 1.87. The minimum atomic E-state index is 0.0389. The van der Waals surface area contributed by atoms with E-state index in [0.717, 1.165) is 16.3 Å². The lowest BCUT2D eigenvalue weighted by molar-refractivity contribution is 0.104. The highest BCUT2D eigenvalue weighted by atomic mass is 32.2. The van der Waals surface area contributed by atoms with Gasteiger partial charge in [0.05, 0.1) is 10.7 Å². The number of carbonyl (C=O) groups is 1. The fraction of sp³-hybridized carbons (Fsp3) is 0.0500. The number of fused-ring (bicyclic) bond motifs is 3. The van der Waals surface area contributed by atoms with Crippen molar-refractivity contribution in [2.75, 3.05) is 11.9 Å². The first-order chi connectivity index (χ1) is 11.2. The minimum absolute atomic E-state index is 0.0389. The Morgan fingerprint density at radius 2 is 1.70 bits per heavy atom. The van der Waals surface area contributed by atoms with Crippen molar-refractivity contribution >= 4 is 34.0 Å². The zero-order valence-corrected chi connectivity index (χ0v) is 13.5. The predicted molar refractivity (Wildman–Crippen MR) is 97.1 cm³/mol. The standard InChI is InChI=1S/C20H15NOS/c1-21-17-12-11-14-7-5-6-10-16(14)20(17)23-19(21)13-18(22)15-8-3-2-4-9-15/h2-13H,1H3/b19-13+. The number of thioether (sulfide) groups is 1. The van der Waals surface area contributed by atoms with Crippen LogP contribution in [0.25, 0.3) is 10.8 Å². The molecule has 0 saturated heterocycles.